The molecule has 96 valence electrons. The second-order valence-electron chi connectivity index (χ2n) is 5.88. The summed E-state index contributed by atoms with van der Waals surface area (Å²) in [6, 6.07) is 0.543. The second-order valence-corrected chi connectivity index (χ2v) is 5.88. The maximum absolute atomic E-state index is 9.74. The van der Waals surface area contributed by atoms with Gasteiger partial charge in [-0.05, 0) is 32.1 Å². The van der Waals surface area contributed by atoms with Crippen molar-refractivity contribution in [3.8, 4) is 0 Å². The van der Waals surface area contributed by atoms with Crippen molar-refractivity contribution in [2.24, 2.45) is 5.41 Å². The lowest BCUT2D eigenvalue weighted by Crippen LogP contribution is -2.42. The summed E-state index contributed by atoms with van der Waals surface area (Å²) in [5.41, 5.74) is 0.374. The molecule has 1 fully saturated rings. The minimum Gasteiger partial charge on any atom is -0.389 e. The summed E-state index contributed by atoms with van der Waals surface area (Å²) in [7, 11) is 0. The van der Waals surface area contributed by atoms with E-state index in [4.69, 9.17) is 4.74 Å². The van der Waals surface area contributed by atoms with Crippen LogP contribution in [0.15, 0.2) is 0 Å². The number of rotatable bonds is 6. The lowest BCUT2D eigenvalue weighted by Gasteiger charge is -2.29. The monoisotopic (exact) mass is 229 g/mol. The maximum Gasteiger partial charge on any atom is 0.0897 e. The van der Waals surface area contributed by atoms with Gasteiger partial charge in [0.05, 0.1) is 18.8 Å². The normalized spacial score (nSPS) is 26.2. The van der Waals surface area contributed by atoms with Gasteiger partial charge in [0.15, 0.2) is 0 Å². The molecule has 0 bridgehead atoms. The predicted octanol–water partition coefficient (Wildman–Crippen LogP) is 1.94. The molecule has 0 amide bonds. The first-order valence-corrected chi connectivity index (χ1v) is 6.45. The van der Waals surface area contributed by atoms with Gasteiger partial charge in [-0.15, -0.1) is 0 Å². The molecule has 0 radical (unpaired) electrons. The van der Waals surface area contributed by atoms with Crippen LogP contribution in [0.5, 0.6) is 0 Å². The molecular weight excluding hydrogens is 202 g/mol. The van der Waals surface area contributed by atoms with Crippen LogP contribution < -0.4 is 5.32 Å². The number of aliphatic hydroxyl groups is 1. The van der Waals surface area contributed by atoms with Gasteiger partial charge in [0, 0.05) is 12.6 Å². The quantitative estimate of drug-likeness (QED) is 0.731. The first-order valence-electron chi connectivity index (χ1n) is 6.45. The van der Waals surface area contributed by atoms with E-state index >= 15 is 0 Å². The molecule has 2 atom stereocenters. The van der Waals surface area contributed by atoms with Gasteiger partial charge in [-0.1, -0.05) is 20.3 Å². The number of ether oxygens (including phenoxy) is 1. The van der Waals surface area contributed by atoms with E-state index in [0.29, 0.717) is 24.6 Å². The molecule has 0 aromatic carbocycles. The van der Waals surface area contributed by atoms with Crippen molar-refractivity contribution in [2.75, 3.05) is 13.2 Å². The Morgan fingerprint density at radius 3 is 2.62 bits per heavy atom. The molecule has 16 heavy (non-hydrogen) atoms. The van der Waals surface area contributed by atoms with Gasteiger partial charge in [-0.25, -0.2) is 0 Å². The standard InChI is InChI=1S/C13H27NO2/c1-10(2)16-9-11(15)8-14-12-6-5-7-13(12,3)4/h10-12,14-15H,5-9H2,1-4H3. The minimum absolute atomic E-state index is 0.192. The fourth-order valence-electron chi connectivity index (χ4n) is 2.35. The number of hydrogen-bond acceptors (Lipinski definition) is 3. The Hall–Kier alpha value is -0.120. The van der Waals surface area contributed by atoms with Crippen LogP contribution in [0, 0.1) is 5.41 Å². The van der Waals surface area contributed by atoms with E-state index in [1.807, 2.05) is 13.8 Å². The van der Waals surface area contributed by atoms with Crippen molar-refractivity contribution >= 4 is 0 Å². The van der Waals surface area contributed by atoms with Crippen LogP contribution >= 0.6 is 0 Å². The zero-order valence-electron chi connectivity index (χ0n) is 11.1. The third kappa shape index (κ3) is 4.40. The molecular formula is C13H27NO2. The van der Waals surface area contributed by atoms with Crippen LogP contribution in [-0.4, -0.2) is 36.5 Å². The molecule has 0 heterocycles. The third-order valence-corrected chi connectivity index (χ3v) is 3.48. The molecule has 0 saturated heterocycles. The van der Waals surface area contributed by atoms with Crippen LogP contribution in [0.1, 0.15) is 47.0 Å². The van der Waals surface area contributed by atoms with Crippen molar-refractivity contribution in [3.05, 3.63) is 0 Å². The lowest BCUT2D eigenvalue weighted by atomic mass is 9.87. The summed E-state index contributed by atoms with van der Waals surface area (Å²) in [5.74, 6) is 0. The Bertz CT molecular complexity index is 204. The Morgan fingerprint density at radius 1 is 1.44 bits per heavy atom. The van der Waals surface area contributed by atoms with E-state index in [1.165, 1.54) is 19.3 Å². The molecule has 1 aliphatic rings. The van der Waals surface area contributed by atoms with Gasteiger partial charge in [-0.2, -0.15) is 0 Å². The molecule has 3 heteroatoms. The van der Waals surface area contributed by atoms with Crippen molar-refractivity contribution in [1.29, 1.82) is 0 Å². The highest BCUT2D eigenvalue weighted by atomic mass is 16.5. The van der Waals surface area contributed by atoms with Gasteiger partial charge in [0.25, 0.3) is 0 Å². The largest absolute Gasteiger partial charge is 0.389 e. The van der Waals surface area contributed by atoms with Crippen molar-refractivity contribution < 1.29 is 9.84 Å². The first-order chi connectivity index (χ1) is 7.42. The third-order valence-electron chi connectivity index (χ3n) is 3.48. The fourth-order valence-corrected chi connectivity index (χ4v) is 2.35. The molecule has 2 N–H and O–H groups in total. The minimum atomic E-state index is -0.390. The summed E-state index contributed by atoms with van der Waals surface area (Å²) in [6.07, 6.45) is 3.61. The van der Waals surface area contributed by atoms with E-state index in [2.05, 4.69) is 19.2 Å². The van der Waals surface area contributed by atoms with E-state index < -0.39 is 6.10 Å². The SMILES string of the molecule is CC(C)OCC(O)CNC1CCCC1(C)C. The summed E-state index contributed by atoms with van der Waals surface area (Å²) in [5, 5.41) is 13.2. The van der Waals surface area contributed by atoms with Gasteiger partial charge in [-0.3, -0.25) is 0 Å². The van der Waals surface area contributed by atoms with E-state index in [9.17, 15) is 5.11 Å². The highest BCUT2D eigenvalue weighted by Crippen LogP contribution is 2.36. The molecule has 0 aromatic rings. The molecule has 0 aliphatic heterocycles. The molecule has 1 rings (SSSR count). The van der Waals surface area contributed by atoms with E-state index in [1.54, 1.807) is 0 Å². The van der Waals surface area contributed by atoms with Crippen molar-refractivity contribution in [3.63, 3.8) is 0 Å². The maximum atomic E-state index is 9.74. The van der Waals surface area contributed by atoms with Crippen LogP contribution in [0.2, 0.25) is 0 Å². The van der Waals surface area contributed by atoms with Crippen LogP contribution in [0.4, 0.5) is 0 Å². The van der Waals surface area contributed by atoms with Crippen molar-refractivity contribution in [1.82, 2.24) is 5.32 Å². The Kier molecular flexibility index (Phi) is 5.22. The Morgan fingerprint density at radius 2 is 2.12 bits per heavy atom. The predicted molar refractivity (Wildman–Crippen MR) is 66.5 cm³/mol. The average Bonchev–Trinajstić information content (AvgIpc) is 2.51. The smallest absolute Gasteiger partial charge is 0.0897 e. The van der Waals surface area contributed by atoms with Gasteiger partial charge in [0.2, 0.25) is 0 Å². The molecule has 1 aliphatic carbocycles. The van der Waals surface area contributed by atoms with E-state index in [-0.39, 0.29) is 6.10 Å². The number of aliphatic hydroxyl groups excluding tert-OH is 1. The molecule has 0 spiro atoms. The zero-order valence-corrected chi connectivity index (χ0v) is 11.1. The van der Waals surface area contributed by atoms with Crippen molar-refractivity contribution in [2.45, 2.75) is 65.2 Å². The highest BCUT2D eigenvalue weighted by molar-refractivity contribution is 4.90. The molecule has 0 aromatic heterocycles. The van der Waals surface area contributed by atoms with Gasteiger partial charge >= 0.3 is 0 Å². The van der Waals surface area contributed by atoms with Crippen LogP contribution in [-0.2, 0) is 4.74 Å². The number of nitrogens with one attached hydrogen (secondary N) is 1. The molecule has 2 unspecified atom stereocenters. The molecule has 1 saturated carbocycles. The average molecular weight is 229 g/mol. The lowest BCUT2D eigenvalue weighted by molar-refractivity contribution is 0.00429. The second kappa shape index (κ2) is 5.99. The topological polar surface area (TPSA) is 41.5 Å². The summed E-state index contributed by atoms with van der Waals surface area (Å²) >= 11 is 0. The summed E-state index contributed by atoms with van der Waals surface area (Å²) < 4.78 is 5.38. The van der Waals surface area contributed by atoms with Gasteiger partial charge in [0.1, 0.15) is 0 Å². The summed E-state index contributed by atoms with van der Waals surface area (Å²) in [4.78, 5) is 0. The first kappa shape index (κ1) is 13.9. The zero-order chi connectivity index (χ0) is 12.2. The molecule has 3 nitrogen and oxygen atoms in total. The fraction of sp³-hybridized carbons (Fsp3) is 1.00. The Balaban J connectivity index is 2.18. The highest BCUT2D eigenvalue weighted by Gasteiger charge is 2.34. The van der Waals surface area contributed by atoms with Crippen LogP contribution in [0.25, 0.3) is 0 Å². The van der Waals surface area contributed by atoms with Gasteiger partial charge < -0.3 is 15.2 Å². The van der Waals surface area contributed by atoms with E-state index in [0.717, 1.165) is 0 Å². The number of hydrogen-bond donors (Lipinski definition) is 2. The Labute approximate surface area is 99.6 Å². The summed E-state index contributed by atoms with van der Waals surface area (Å²) in [6.45, 7) is 9.64. The van der Waals surface area contributed by atoms with Crippen LogP contribution in [0.3, 0.4) is 0 Å².